The van der Waals surface area contributed by atoms with E-state index in [9.17, 15) is 0 Å². The molecule has 0 saturated carbocycles. The minimum absolute atomic E-state index is 0.762. The van der Waals surface area contributed by atoms with Crippen LogP contribution in [-0.2, 0) is 0 Å². The molecule has 1 unspecified atom stereocenters. The Hall–Kier alpha value is -1.48. The summed E-state index contributed by atoms with van der Waals surface area (Å²) < 4.78 is 11.4. The van der Waals surface area contributed by atoms with Gasteiger partial charge in [0.15, 0.2) is 11.5 Å². The van der Waals surface area contributed by atoms with Crippen molar-refractivity contribution in [1.29, 1.82) is 0 Å². The summed E-state index contributed by atoms with van der Waals surface area (Å²) in [6.45, 7) is 11.5. The van der Waals surface area contributed by atoms with Crippen molar-refractivity contribution in [3.8, 4) is 11.5 Å². The minimum atomic E-state index is 0.762. The first-order chi connectivity index (χ1) is 11.6. The second kappa shape index (κ2) is 9.73. The number of likely N-dealkylation sites (tertiary alicyclic amines) is 1. The van der Waals surface area contributed by atoms with Gasteiger partial charge in [0.25, 0.3) is 0 Å². The smallest absolute Gasteiger partial charge is 0.161 e. The standard InChI is InChI=1S/C21H33NO2/c1-5-8-19-9-10-20(21(14-19)23-4)24-12-7-6-11-22-15-17(2)13-18(3)16-22/h5,8-10,14,17-18H,6-7,11-13,15-16H2,1-4H3/p+1/b8-5+/t17-,18+. The third kappa shape index (κ3) is 5.86. The molecule has 1 saturated heterocycles. The highest BCUT2D eigenvalue weighted by molar-refractivity contribution is 5.55. The summed E-state index contributed by atoms with van der Waals surface area (Å²) in [4.78, 5) is 1.77. The Morgan fingerprint density at radius 1 is 1.12 bits per heavy atom. The highest BCUT2D eigenvalue weighted by Crippen LogP contribution is 2.28. The zero-order chi connectivity index (χ0) is 17.4. The first kappa shape index (κ1) is 18.9. The van der Waals surface area contributed by atoms with Gasteiger partial charge < -0.3 is 14.4 Å². The van der Waals surface area contributed by atoms with Crippen LogP contribution >= 0.6 is 0 Å². The van der Waals surface area contributed by atoms with Crippen molar-refractivity contribution in [2.75, 3.05) is 33.4 Å². The highest BCUT2D eigenvalue weighted by Gasteiger charge is 2.24. The molecule has 0 spiro atoms. The molecule has 24 heavy (non-hydrogen) atoms. The monoisotopic (exact) mass is 332 g/mol. The van der Waals surface area contributed by atoms with Crippen LogP contribution in [0.3, 0.4) is 0 Å². The second-order valence-electron chi connectivity index (χ2n) is 7.32. The molecular weight excluding hydrogens is 298 g/mol. The van der Waals surface area contributed by atoms with Crippen LogP contribution in [0.5, 0.6) is 11.5 Å². The van der Waals surface area contributed by atoms with Crippen molar-refractivity contribution in [2.24, 2.45) is 11.8 Å². The molecule has 3 heteroatoms. The van der Waals surface area contributed by atoms with Gasteiger partial charge in [-0.3, -0.25) is 0 Å². The number of hydrogen-bond acceptors (Lipinski definition) is 2. The van der Waals surface area contributed by atoms with E-state index >= 15 is 0 Å². The molecular formula is C21H34NO2+. The van der Waals surface area contributed by atoms with Gasteiger partial charge in [0.2, 0.25) is 0 Å². The Balaban J connectivity index is 1.72. The first-order valence-electron chi connectivity index (χ1n) is 9.39. The molecule has 1 N–H and O–H groups in total. The Labute approximate surface area is 147 Å². The normalized spacial score (nSPS) is 24.2. The summed E-state index contributed by atoms with van der Waals surface area (Å²) in [7, 11) is 1.70. The van der Waals surface area contributed by atoms with Gasteiger partial charge in [-0.2, -0.15) is 0 Å². The van der Waals surface area contributed by atoms with Gasteiger partial charge in [-0.15, -0.1) is 0 Å². The van der Waals surface area contributed by atoms with Crippen LogP contribution < -0.4 is 14.4 Å². The summed E-state index contributed by atoms with van der Waals surface area (Å²) in [5, 5.41) is 0. The molecule has 1 aromatic carbocycles. The molecule has 134 valence electrons. The van der Waals surface area contributed by atoms with Crippen molar-refractivity contribution in [3.05, 3.63) is 29.8 Å². The molecule has 3 atom stereocenters. The molecule has 1 aliphatic heterocycles. The maximum atomic E-state index is 5.93. The van der Waals surface area contributed by atoms with Crippen molar-refractivity contribution in [1.82, 2.24) is 0 Å². The number of nitrogens with one attached hydrogen (secondary N) is 1. The topological polar surface area (TPSA) is 22.9 Å². The van der Waals surface area contributed by atoms with Crippen LogP contribution in [0.15, 0.2) is 24.3 Å². The van der Waals surface area contributed by atoms with Crippen LogP contribution in [0.4, 0.5) is 0 Å². The summed E-state index contributed by atoms with van der Waals surface area (Å²) in [6.07, 6.45) is 7.82. The fourth-order valence-corrected chi connectivity index (χ4v) is 3.89. The van der Waals surface area contributed by atoms with E-state index in [0.29, 0.717) is 0 Å². The van der Waals surface area contributed by atoms with E-state index < -0.39 is 0 Å². The van der Waals surface area contributed by atoms with Gasteiger partial charge in [-0.25, -0.2) is 0 Å². The molecule has 0 amide bonds. The van der Waals surface area contributed by atoms with Crippen molar-refractivity contribution in [2.45, 2.75) is 40.0 Å². The van der Waals surface area contributed by atoms with Gasteiger partial charge in [-0.1, -0.05) is 32.1 Å². The second-order valence-corrected chi connectivity index (χ2v) is 7.32. The number of piperidine rings is 1. The van der Waals surface area contributed by atoms with Crippen LogP contribution in [0, 0.1) is 11.8 Å². The summed E-state index contributed by atoms with van der Waals surface area (Å²) in [6, 6.07) is 6.10. The fraction of sp³-hybridized carbons (Fsp3) is 0.619. The zero-order valence-corrected chi connectivity index (χ0v) is 15.8. The number of ether oxygens (including phenoxy) is 2. The van der Waals surface area contributed by atoms with Crippen molar-refractivity contribution in [3.63, 3.8) is 0 Å². The lowest BCUT2D eigenvalue weighted by Crippen LogP contribution is -3.14. The number of benzene rings is 1. The summed E-state index contributed by atoms with van der Waals surface area (Å²) >= 11 is 0. The number of quaternary nitrogens is 1. The molecule has 1 heterocycles. The van der Waals surface area contributed by atoms with Crippen molar-refractivity contribution < 1.29 is 14.4 Å². The summed E-state index contributed by atoms with van der Waals surface area (Å²) in [5.41, 5.74) is 1.14. The van der Waals surface area contributed by atoms with Gasteiger partial charge in [0.05, 0.1) is 33.4 Å². The molecule has 0 aromatic heterocycles. The molecule has 1 aromatic rings. The van der Waals surface area contributed by atoms with E-state index in [0.717, 1.165) is 41.9 Å². The van der Waals surface area contributed by atoms with Gasteiger partial charge in [0.1, 0.15) is 0 Å². The fourth-order valence-electron chi connectivity index (χ4n) is 3.89. The number of unbranched alkanes of at least 4 members (excludes halogenated alkanes) is 1. The highest BCUT2D eigenvalue weighted by atomic mass is 16.5. The summed E-state index contributed by atoms with van der Waals surface area (Å²) in [5.74, 6) is 3.41. The number of rotatable bonds is 8. The molecule has 1 fully saturated rings. The lowest BCUT2D eigenvalue weighted by atomic mass is 9.92. The number of methoxy groups -OCH3 is 1. The van der Waals surface area contributed by atoms with Crippen LogP contribution in [0.25, 0.3) is 6.08 Å². The van der Waals surface area contributed by atoms with E-state index in [1.54, 1.807) is 12.0 Å². The molecule has 2 rings (SSSR count). The van der Waals surface area contributed by atoms with E-state index in [1.807, 2.05) is 25.1 Å². The minimum Gasteiger partial charge on any atom is -0.493 e. The van der Waals surface area contributed by atoms with Gasteiger partial charge >= 0.3 is 0 Å². The Kier molecular flexibility index (Phi) is 7.64. The quantitative estimate of drug-likeness (QED) is 0.737. The molecule has 0 bridgehead atoms. The largest absolute Gasteiger partial charge is 0.493 e. The Morgan fingerprint density at radius 3 is 2.54 bits per heavy atom. The maximum Gasteiger partial charge on any atom is 0.161 e. The third-order valence-corrected chi connectivity index (χ3v) is 4.81. The Bertz CT molecular complexity index is 517. The lowest BCUT2D eigenvalue weighted by molar-refractivity contribution is -0.912. The van der Waals surface area contributed by atoms with Crippen LogP contribution in [-0.4, -0.2) is 33.4 Å². The van der Waals surface area contributed by atoms with Gasteiger partial charge in [-0.05, 0) is 43.9 Å². The average Bonchev–Trinajstić information content (AvgIpc) is 2.55. The van der Waals surface area contributed by atoms with Gasteiger partial charge in [0, 0.05) is 11.8 Å². The predicted octanol–water partition coefficient (Wildman–Crippen LogP) is 3.45. The third-order valence-electron chi connectivity index (χ3n) is 4.81. The molecule has 3 nitrogen and oxygen atoms in total. The number of hydrogen-bond donors (Lipinski definition) is 1. The maximum absolute atomic E-state index is 5.93. The predicted molar refractivity (Wildman–Crippen MR) is 101 cm³/mol. The van der Waals surface area contributed by atoms with Crippen LogP contribution in [0.1, 0.15) is 45.6 Å². The molecule has 0 radical (unpaired) electrons. The van der Waals surface area contributed by atoms with E-state index in [2.05, 4.69) is 26.0 Å². The van der Waals surface area contributed by atoms with E-state index in [-0.39, 0.29) is 0 Å². The lowest BCUT2D eigenvalue weighted by Gasteiger charge is -2.32. The first-order valence-corrected chi connectivity index (χ1v) is 9.39. The van der Waals surface area contributed by atoms with E-state index in [1.165, 1.54) is 32.5 Å². The number of allylic oxidation sites excluding steroid dienone is 1. The molecule has 0 aliphatic carbocycles. The Morgan fingerprint density at radius 2 is 1.88 bits per heavy atom. The van der Waals surface area contributed by atoms with Crippen molar-refractivity contribution >= 4 is 6.08 Å². The molecule has 1 aliphatic rings. The zero-order valence-electron chi connectivity index (χ0n) is 15.8. The SMILES string of the molecule is C/C=C/c1ccc(OCCCC[NH+]2C[C@H](C)C[C@H](C)C2)c(OC)c1. The van der Waals surface area contributed by atoms with Crippen LogP contribution in [0.2, 0.25) is 0 Å². The van der Waals surface area contributed by atoms with E-state index in [4.69, 9.17) is 9.47 Å². The average molecular weight is 333 g/mol.